The monoisotopic (exact) mass is 241 g/mol. The van der Waals surface area contributed by atoms with Crippen molar-refractivity contribution in [1.29, 1.82) is 0 Å². The summed E-state index contributed by atoms with van der Waals surface area (Å²) in [5.41, 5.74) is 1.51. The van der Waals surface area contributed by atoms with Gasteiger partial charge in [-0.2, -0.15) is 0 Å². The van der Waals surface area contributed by atoms with Gasteiger partial charge in [-0.15, -0.1) is 0 Å². The van der Waals surface area contributed by atoms with Crippen molar-refractivity contribution < 1.29 is 4.84 Å². The standard InChI is InChI=1S/C10H12BrNO/c11-9-4-2-1-3-8(9)10(5-6-10)7-13-12/h1-4H,5-7,12H2. The van der Waals surface area contributed by atoms with E-state index in [0.717, 1.165) is 4.47 Å². The third-order valence-electron chi connectivity index (χ3n) is 2.66. The van der Waals surface area contributed by atoms with E-state index in [1.165, 1.54) is 18.4 Å². The van der Waals surface area contributed by atoms with Gasteiger partial charge in [-0.3, -0.25) is 0 Å². The van der Waals surface area contributed by atoms with E-state index >= 15 is 0 Å². The number of benzene rings is 1. The Labute approximate surface area is 86.2 Å². The molecule has 0 aromatic heterocycles. The highest BCUT2D eigenvalue weighted by molar-refractivity contribution is 9.10. The minimum Gasteiger partial charge on any atom is -0.304 e. The lowest BCUT2D eigenvalue weighted by Gasteiger charge is -2.15. The maximum Gasteiger partial charge on any atom is 0.0776 e. The first-order chi connectivity index (χ1) is 6.28. The average Bonchev–Trinajstić information content (AvgIpc) is 2.87. The molecule has 1 aliphatic rings. The first kappa shape index (κ1) is 9.19. The van der Waals surface area contributed by atoms with Crippen molar-refractivity contribution in [2.45, 2.75) is 18.3 Å². The molecule has 0 bridgehead atoms. The summed E-state index contributed by atoms with van der Waals surface area (Å²) in [7, 11) is 0. The fourth-order valence-corrected chi connectivity index (χ4v) is 2.40. The fourth-order valence-electron chi connectivity index (χ4n) is 1.69. The van der Waals surface area contributed by atoms with Gasteiger partial charge in [0.2, 0.25) is 0 Å². The summed E-state index contributed by atoms with van der Waals surface area (Å²) in [6, 6.07) is 8.27. The van der Waals surface area contributed by atoms with Gasteiger partial charge in [0.25, 0.3) is 0 Å². The summed E-state index contributed by atoms with van der Waals surface area (Å²) in [5.74, 6) is 5.13. The first-order valence-electron chi connectivity index (χ1n) is 4.35. The molecule has 3 heteroatoms. The average molecular weight is 242 g/mol. The summed E-state index contributed by atoms with van der Waals surface area (Å²) in [4.78, 5) is 4.76. The Kier molecular flexibility index (Phi) is 2.41. The van der Waals surface area contributed by atoms with Crippen LogP contribution in [0.25, 0.3) is 0 Å². The summed E-state index contributed by atoms with van der Waals surface area (Å²) >= 11 is 3.55. The third kappa shape index (κ3) is 1.64. The van der Waals surface area contributed by atoms with Gasteiger partial charge >= 0.3 is 0 Å². The molecule has 1 aromatic carbocycles. The third-order valence-corrected chi connectivity index (χ3v) is 3.35. The number of hydrogen-bond donors (Lipinski definition) is 1. The van der Waals surface area contributed by atoms with E-state index in [1.54, 1.807) is 0 Å². The molecule has 13 heavy (non-hydrogen) atoms. The second kappa shape index (κ2) is 3.40. The van der Waals surface area contributed by atoms with E-state index < -0.39 is 0 Å². The van der Waals surface area contributed by atoms with Crippen LogP contribution in [0.1, 0.15) is 18.4 Å². The van der Waals surface area contributed by atoms with Crippen molar-refractivity contribution in [2.75, 3.05) is 6.61 Å². The van der Waals surface area contributed by atoms with Crippen molar-refractivity contribution in [3.63, 3.8) is 0 Å². The molecule has 0 spiro atoms. The molecule has 0 aliphatic heterocycles. The Morgan fingerprint density at radius 1 is 1.38 bits per heavy atom. The zero-order chi connectivity index (χ0) is 9.31. The zero-order valence-corrected chi connectivity index (χ0v) is 8.88. The number of halogens is 1. The maximum absolute atomic E-state index is 5.13. The lowest BCUT2D eigenvalue weighted by Crippen LogP contribution is -2.18. The number of hydrogen-bond acceptors (Lipinski definition) is 2. The molecule has 0 saturated heterocycles. The highest BCUT2D eigenvalue weighted by Gasteiger charge is 2.45. The molecule has 1 aromatic rings. The van der Waals surface area contributed by atoms with E-state index in [1.807, 2.05) is 6.07 Å². The van der Waals surface area contributed by atoms with Crippen LogP contribution in [0, 0.1) is 0 Å². The predicted molar refractivity (Wildman–Crippen MR) is 55.2 cm³/mol. The Morgan fingerprint density at radius 3 is 2.62 bits per heavy atom. The van der Waals surface area contributed by atoms with Gasteiger partial charge in [-0.25, -0.2) is 5.90 Å². The molecule has 0 amide bonds. The van der Waals surface area contributed by atoms with Crippen molar-refractivity contribution in [1.82, 2.24) is 0 Å². The fraction of sp³-hybridized carbons (Fsp3) is 0.400. The number of rotatable bonds is 3. The van der Waals surface area contributed by atoms with E-state index in [9.17, 15) is 0 Å². The Balaban J connectivity index is 2.30. The molecule has 1 fully saturated rings. The van der Waals surface area contributed by atoms with Gasteiger partial charge in [0, 0.05) is 9.89 Å². The number of nitrogens with two attached hydrogens (primary N) is 1. The lowest BCUT2D eigenvalue weighted by molar-refractivity contribution is 0.116. The summed E-state index contributed by atoms with van der Waals surface area (Å²) in [6.07, 6.45) is 2.35. The Bertz CT molecular complexity index is 310. The second-order valence-corrected chi connectivity index (χ2v) is 4.43. The molecule has 0 atom stereocenters. The van der Waals surface area contributed by atoms with Crippen molar-refractivity contribution in [3.05, 3.63) is 34.3 Å². The zero-order valence-electron chi connectivity index (χ0n) is 7.29. The molecule has 2 rings (SSSR count). The molecule has 0 unspecified atom stereocenters. The molecule has 0 heterocycles. The minimum atomic E-state index is 0.189. The highest BCUT2D eigenvalue weighted by atomic mass is 79.9. The second-order valence-electron chi connectivity index (χ2n) is 3.57. The van der Waals surface area contributed by atoms with Crippen molar-refractivity contribution in [2.24, 2.45) is 5.90 Å². The van der Waals surface area contributed by atoms with E-state index in [2.05, 4.69) is 34.1 Å². The SMILES string of the molecule is NOCC1(c2ccccc2Br)CC1. The van der Waals surface area contributed by atoms with Crippen LogP contribution >= 0.6 is 15.9 Å². The minimum absolute atomic E-state index is 0.189. The molecule has 1 aliphatic carbocycles. The molecule has 70 valence electrons. The summed E-state index contributed by atoms with van der Waals surface area (Å²) < 4.78 is 1.16. The van der Waals surface area contributed by atoms with Crippen LogP contribution in [-0.2, 0) is 10.3 Å². The lowest BCUT2D eigenvalue weighted by atomic mass is 9.97. The van der Waals surface area contributed by atoms with Crippen LogP contribution in [0.5, 0.6) is 0 Å². The first-order valence-corrected chi connectivity index (χ1v) is 5.14. The van der Waals surface area contributed by atoms with E-state index in [0.29, 0.717) is 6.61 Å². The smallest absolute Gasteiger partial charge is 0.0776 e. The molecular formula is C10H12BrNO. The van der Waals surface area contributed by atoms with Gasteiger partial charge in [-0.1, -0.05) is 34.1 Å². The highest BCUT2D eigenvalue weighted by Crippen LogP contribution is 2.50. The van der Waals surface area contributed by atoms with Gasteiger partial charge in [0.1, 0.15) is 0 Å². The van der Waals surface area contributed by atoms with Crippen LogP contribution in [-0.4, -0.2) is 6.61 Å². The molecule has 2 N–H and O–H groups in total. The summed E-state index contributed by atoms with van der Waals surface area (Å²) in [6.45, 7) is 0.621. The van der Waals surface area contributed by atoms with E-state index in [4.69, 9.17) is 10.7 Å². The largest absolute Gasteiger partial charge is 0.304 e. The normalized spacial score (nSPS) is 18.6. The van der Waals surface area contributed by atoms with Crippen molar-refractivity contribution in [3.8, 4) is 0 Å². The maximum atomic E-state index is 5.13. The van der Waals surface area contributed by atoms with Crippen LogP contribution in [0.2, 0.25) is 0 Å². The topological polar surface area (TPSA) is 35.2 Å². The van der Waals surface area contributed by atoms with Crippen LogP contribution in [0.3, 0.4) is 0 Å². The van der Waals surface area contributed by atoms with Gasteiger partial charge in [0.15, 0.2) is 0 Å². The Morgan fingerprint density at radius 2 is 2.08 bits per heavy atom. The summed E-state index contributed by atoms with van der Waals surface area (Å²) in [5, 5.41) is 0. The van der Waals surface area contributed by atoms with Crippen molar-refractivity contribution >= 4 is 15.9 Å². The Hall–Kier alpha value is -0.380. The van der Waals surface area contributed by atoms with Crippen LogP contribution in [0.15, 0.2) is 28.7 Å². The van der Waals surface area contributed by atoms with Crippen LogP contribution in [0.4, 0.5) is 0 Å². The quantitative estimate of drug-likeness (QED) is 0.826. The van der Waals surface area contributed by atoms with Gasteiger partial charge in [0.05, 0.1) is 6.61 Å². The van der Waals surface area contributed by atoms with Crippen LogP contribution < -0.4 is 5.90 Å². The van der Waals surface area contributed by atoms with Gasteiger partial charge < -0.3 is 4.84 Å². The molecule has 2 nitrogen and oxygen atoms in total. The van der Waals surface area contributed by atoms with Gasteiger partial charge in [-0.05, 0) is 24.5 Å². The molecular weight excluding hydrogens is 230 g/mol. The predicted octanol–water partition coefficient (Wildman–Crippen LogP) is 2.37. The van der Waals surface area contributed by atoms with E-state index in [-0.39, 0.29) is 5.41 Å². The molecule has 0 radical (unpaired) electrons. The molecule has 1 saturated carbocycles.